The van der Waals surface area contributed by atoms with Gasteiger partial charge in [-0.2, -0.15) is 5.10 Å². The summed E-state index contributed by atoms with van der Waals surface area (Å²) in [5.41, 5.74) is 1.44. The third kappa shape index (κ3) is 3.30. The van der Waals surface area contributed by atoms with Crippen LogP contribution in [0.25, 0.3) is 11.0 Å². The molecule has 7 nitrogen and oxygen atoms in total. The van der Waals surface area contributed by atoms with E-state index in [1.807, 2.05) is 37.3 Å². The average molecular weight is 345 g/mol. The molecule has 3 aromatic rings. The van der Waals surface area contributed by atoms with E-state index < -0.39 is 0 Å². The first-order valence-electron chi connectivity index (χ1n) is 7.35. The molecule has 1 aromatic carbocycles. The van der Waals surface area contributed by atoms with Crippen molar-refractivity contribution in [2.75, 3.05) is 19.0 Å². The molecule has 1 N–H and O–H groups in total. The van der Waals surface area contributed by atoms with Crippen LogP contribution in [-0.2, 0) is 13.6 Å². The lowest BCUT2D eigenvalue weighted by atomic mass is 10.2. The second kappa shape index (κ2) is 6.45. The van der Waals surface area contributed by atoms with Crippen LogP contribution in [0.3, 0.4) is 0 Å². The van der Waals surface area contributed by atoms with E-state index in [4.69, 9.17) is 11.6 Å². The van der Waals surface area contributed by atoms with E-state index in [1.54, 1.807) is 23.9 Å². The Kier molecular flexibility index (Phi) is 4.35. The first-order valence-corrected chi connectivity index (χ1v) is 7.73. The Balaban J connectivity index is 1.85. The number of amides is 1. The molecule has 2 heterocycles. The normalized spacial score (nSPS) is 10.8. The van der Waals surface area contributed by atoms with Gasteiger partial charge in [-0.3, -0.25) is 9.48 Å². The highest BCUT2D eigenvalue weighted by molar-refractivity contribution is 6.30. The lowest BCUT2D eigenvalue weighted by Crippen LogP contribution is -2.26. The van der Waals surface area contributed by atoms with Gasteiger partial charge in [-0.25, -0.2) is 9.97 Å². The lowest BCUT2D eigenvalue weighted by molar-refractivity contribution is 0.0941. The number of hydrogen-bond acceptors (Lipinski definition) is 5. The van der Waals surface area contributed by atoms with E-state index in [1.165, 1.54) is 0 Å². The van der Waals surface area contributed by atoms with Crippen molar-refractivity contribution < 1.29 is 4.79 Å². The summed E-state index contributed by atoms with van der Waals surface area (Å²) in [6.07, 6.45) is 1.83. The Bertz CT molecular complexity index is 887. The third-order valence-electron chi connectivity index (χ3n) is 3.47. The topological polar surface area (TPSA) is 75.9 Å². The molecule has 124 valence electrons. The summed E-state index contributed by atoms with van der Waals surface area (Å²) in [4.78, 5) is 22.9. The highest BCUT2D eigenvalue weighted by Gasteiger charge is 2.17. The molecular formula is C16H17ClN6O. The summed E-state index contributed by atoms with van der Waals surface area (Å²) in [5.74, 6) is 0.407. The van der Waals surface area contributed by atoms with E-state index in [2.05, 4.69) is 20.4 Å². The highest BCUT2D eigenvalue weighted by atomic mass is 35.5. The summed E-state index contributed by atoms with van der Waals surface area (Å²) in [7, 11) is 5.54. The lowest BCUT2D eigenvalue weighted by Gasteiger charge is -2.13. The highest BCUT2D eigenvalue weighted by Crippen LogP contribution is 2.21. The van der Waals surface area contributed by atoms with Gasteiger partial charge in [0.05, 0.1) is 5.39 Å². The van der Waals surface area contributed by atoms with Crippen molar-refractivity contribution in [1.29, 1.82) is 0 Å². The van der Waals surface area contributed by atoms with Crippen LogP contribution in [0.2, 0.25) is 5.02 Å². The van der Waals surface area contributed by atoms with Crippen molar-refractivity contribution in [3.05, 3.63) is 46.9 Å². The zero-order chi connectivity index (χ0) is 17.3. The van der Waals surface area contributed by atoms with E-state index in [0.717, 1.165) is 10.9 Å². The fourth-order valence-corrected chi connectivity index (χ4v) is 2.43. The van der Waals surface area contributed by atoms with Crippen molar-refractivity contribution in [2.24, 2.45) is 7.05 Å². The van der Waals surface area contributed by atoms with Gasteiger partial charge in [0.2, 0.25) is 5.82 Å². The first kappa shape index (κ1) is 16.2. The molecule has 8 heteroatoms. The van der Waals surface area contributed by atoms with Gasteiger partial charge in [0.15, 0.2) is 5.65 Å². The number of carbonyl (C=O) groups excluding carboxylic acids is 1. The molecule has 3 rings (SSSR count). The molecule has 24 heavy (non-hydrogen) atoms. The number of nitrogens with one attached hydrogen (secondary N) is 1. The Morgan fingerprint density at radius 1 is 1.25 bits per heavy atom. The Morgan fingerprint density at radius 3 is 2.62 bits per heavy atom. The summed E-state index contributed by atoms with van der Waals surface area (Å²) in [6, 6.07) is 7.28. The second-order valence-corrected chi connectivity index (χ2v) is 6.05. The van der Waals surface area contributed by atoms with Crippen LogP contribution in [0, 0.1) is 0 Å². The summed E-state index contributed by atoms with van der Waals surface area (Å²) >= 11 is 5.85. The molecule has 0 aliphatic carbocycles. The number of aromatic nitrogens is 4. The van der Waals surface area contributed by atoms with Gasteiger partial charge >= 0.3 is 0 Å². The van der Waals surface area contributed by atoms with E-state index in [9.17, 15) is 4.79 Å². The molecule has 1 amide bonds. The van der Waals surface area contributed by atoms with Gasteiger partial charge < -0.3 is 10.2 Å². The Labute approximate surface area is 144 Å². The van der Waals surface area contributed by atoms with Gasteiger partial charge in [0, 0.05) is 38.9 Å². The molecule has 0 bridgehead atoms. The zero-order valence-corrected chi connectivity index (χ0v) is 14.4. The SMILES string of the molecule is CN(C)c1nc(C(=O)NCc2ccc(Cl)cc2)nc2nn(C)cc12. The molecule has 0 unspecified atom stereocenters. The molecule has 0 fully saturated rings. The van der Waals surface area contributed by atoms with E-state index in [0.29, 0.717) is 23.0 Å². The number of benzene rings is 1. The van der Waals surface area contributed by atoms with Crippen LogP contribution in [0.1, 0.15) is 16.2 Å². The zero-order valence-electron chi connectivity index (χ0n) is 13.6. The number of carbonyl (C=O) groups is 1. The van der Waals surface area contributed by atoms with Crippen LogP contribution in [-0.4, -0.2) is 39.8 Å². The summed E-state index contributed by atoms with van der Waals surface area (Å²) in [6.45, 7) is 0.372. The number of aryl methyl sites for hydroxylation is 1. The van der Waals surface area contributed by atoms with Crippen LogP contribution in [0.5, 0.6) is 0 Å². The quantitative estimate of drug-likeness (QED) is 0.783. The third-order valence-corrected chi connectivity index (χ3v) is 3.72. The van der Waals surface area contributed by atoms with Crippen LogP contribution < -0.4 is 10.2 Å². The molecule has 0 aliphatic heterocycles. The number of nitrogens with zero attached hydrogens (tertiary/aromatic N) is 5. The molecule has 0 atom stereocenters. The van der Waals surface area contributed by atoms with E-state index >= 15 is 0 Å². The van der Waals surface area contributed by atoms with Crippen molar-refractivity contribution in [2.45, 2.75) is 6.54 Å². The monoisotopic (exact) mass is 344 g/mol. The summed E-state index contributed by atoms with van der Waals surface area (Å²) in [5, 5.41) is 8.54. The maximum absolute atomic E-state index is 12.4. The second-order valence-electron chi connectivity index (χ2n) is 5.61. The van der Waals surface area contributed by atoms with Crippen molar-refractivity contribution in [3.8, 4) is 0 Å². The van der Waals surface area contributed by atoms with E-state index in [-0.39, 0.29) is 11.7 Å². The molecule has 2 aromatic heterocycles. The fourth-order valence-electron chi connectivity index (χ4n) is 2.31. The number of rotatable bonds is 4. The van der Waals surface area contributed by atoms with Gasteiger partial charge in [-0.1, -0.05) is 23.7 Å². The molecule has 0 radical (unpaired) electrons. The van der Waals surface area contributed by atoms with Crippen molar-refractivity contribution in [1.82, 2.24) is 25.1 Å². The minimum Gasteiger partial charge on any atom is -0.362 e. The first-order chi connectivity index (χ1) is 11.4. The predicted molar refractivity (Wildman–Crippen MR) is 93.3 cm³/mol. The minimum absolute atomic E-state index is 0.0962. The smallest absolute Gasteiger partial charge is 0.289 e. The van der Waals surface area contributed by atoms with Crippen molar-refractivity contribution >= 4 is 34.4 Å². The number of anilines is 1. The van der Waals surface area contributed by atoms with Gasteiger partial charge in [0.1, 0.15) is 5.82 Å². The number of fused-ring (bicyclic) bond motifs is 1. The summed E-state index contributed by atoms with van der Waals surface area (Å²) < 4.78 is 1.65. The van der Waals surface area contributed by atoms with Crippen LogP contribution in [0.4, 0.5) is 5.82 Å². The Hall–Kier alpha value is -2.67. The largest absolute Gasteiger partial charge is 0.362 e. The Morgan fingerprint density at radius 2 is 1.96 bits per heavy atom. The van der Waals surface area contributed by atoms with Crippen LogP contribution >= 0.6 is 11.6 Å². The fraction of sp³-hybridized carbons (Fsp3) is 0.250. The molecule has 0 aliphatic rings. The molecule has 0 saturated heterocycles. The molecule has 0 spiro atoms. The molecular weight excluding hydrogens is 328 g/mol. The van der Waals surface area contributed by atoms with Gasteiger partial charge in [-0.15, -0.1) is 0 Å². The van der Waals surface area contributed by atoms with Gasteiger partial charge in [0.25, 0.3) is 5.91 Å². The maximum Gasteiger partial charge on any atom is 0.289 e. The predicted octanol–water partition coefficient (Wildman–Crippen LogP) is 2.01. The number of hydrogen-bond donors (Lipinski definition) is 1. The van der Waals surface area contributed by atoms with Crippen molar-refractivity contribution in [3.63, 3.8) is 0 Å². The van der Waals surface area contributed by atoms with Gasteiger partial charge in [-0.05, 0) is 17.7 Å². The van der Waals surface area contributed by atoms with Crippen LogP contribution in [0.15, 0.2) is 30.5 Å². The molecule has 0 saturated carbocycles. The average Bonchev–Trinajstić information content (AvgIpc) is 2.92. The standard InChI is InChI=1S/C16H17ClN6O/c1-22(2)15-12-9-23(3)21-13(12)19-14(20-15)16(24)18-8-10-4-6-11(17)7-5-10/h4-7,9H,8H2,1-3H3,(H,18,24). The maximum atomic E-state index is 12.4. The minimum atomic E-state index is -0.347. The number of halogens is 1.